The molecule has 0 fully saturated rings. The molecule has 0 aliphatic carbocycles. The summed E-state index contributed by atoms with van der Waals surface area (Å²) in [5.74, 6) is -1.25. The Kier molecular flexibility index (Phi) is 6.67. The van der Waals surface area contributed by atoms with E-state index in [0.29, 0.717) is 29.1 Å². The van der Waals surface area contributed by atoms with Crippen molar-refractivity contribution >= 4 is 34.4 Å². The van der Waals surface area contributed by atoms with Crippen molar-refractivity contribution in [1.82, 2.24) is 10.1 Å². The molecular formula is C24H20N4O7. The van der Waals surface area contributed by atoms with E-state index in [4.69, 9.17) is 14.0 Å². The predicted octanol–water partition coefficient (Wildman–Crippen LogP) is 4.30. The number of amides is 1. The molecule has 0 saturated carbocycles. The number of carbonyl (C=O) groups excluding carboxylic acids is 2. The quantitative estimate of drug-likeness (QED) is 0.223. The summed E-state index contributed by atoms with van der Waals surface area (Å²) in [6.07, 6.45) is 0. The molecule has 0 unspecified atom stereocenters. The average Bonchev–Trinajstić information content (AvgIpc) is 3.24. The molecule has 0 saturated heterocycles. The first-order valence-electron chi connectivity index (χ1n) is 10.6. The smallest absolute Gasteiger partial charge is 0.339 e. The first-order chi connectivity index (χ1) is 16.9. The summed E-state index contributed by atoms with van der Waals surface area (Å²) in [6, 6.07) is 14.7. The highest BCUT2D eigenvalue weighted by Gasteiger charge is 2.22. The zero-order valence-electron chi connectivity index (χ0n) is 18.8. The number of pyridine rings is 1. The standard InChI is InChI=1S/C24H20N4O7/c1-3-33-16-9-10-18(20(11-16)28(31)32)25-21(29)13-34-24(30)17-12-19(15-7-5-4-6-8-15)26-23-22(17)14(2)27-35-23/h4-12H,3,13H2,1-2H3,(H,25,29). The minimum absolute atomic E-state index is 0.0490. The topological polar surface area (TPSA) is 147 Å². The van der Waals surface area contributed by atoms with Crippen LogP contribution < -0.4 is 10.1 Å². The molecule has 11 nitrogen and oxygen atoms in total. The van der Waals surface area contributed by atoms with E-state index in [0.717, 1.165) is 5.56 Å². The number of nitro groups is 1. The van der Waals surface area contributed by atoms with Gasteiger partial charge >= 0.3 is 5.97 Å². The van der Waals surface area contributed by atoms with Crippen LogP contribution in [0.5, 0.6) is 5.75 Å². The lowest BCUT2D eigenvalue weighted by Crippen LogP contribution is -2.21. The van der Waals surface area contributed by atoms with Crippen molar-refractivity contribution in [2.75, 3.05) is 18.5 Å². The molecule has 2 aromatic heterocycles. The fraction of sp³-hybridized carbons (Fsp3) is 0.167. The van der Waals surface area contributed by atoms with Crippen LogP contribution in [-0.2, 0) is 9.53 Å². The maximum atomic E-state index is 12.9. The molecule has 2 heterocycles. The molecule has 2 aromatic carbocycles. The second-order valence-corrected chi connectivity index (χ2v) is 7.36. The highest BCUT2D eigenvalue weighted by molar-refractivity contribution is 6.05. The normalized spacial score (nSPS) is 10.7. The van der Waals surface area contributed by atoms with Gasteiger partial charge in [-0.2, -0.15) is 0 Å². The van der Waals surface area contributed by atoms with Gasteiger partial charge in [0.15, 0.2) is 6.61 Å². The average molecular weight is 476 g/mol. The van der Waals surface area contributed by atoms with Crippen LogP contribution in [0.3, 0.4) is 0 Å². The zero-order valence-corrected chi connectivity index (χ0v) is 18.8. The Morgan fingerprint density at radius 3 is 2.63 bits per heavy atom. The van der Waals surface area contributed by atoms with E-state index in [1.54, 1.807) is 19.9 Å². The molecular weight excluding hydrogens is 456 g/mol. The van der Waals surface area contributed by atoms with Gasteiger partial charge in [-0.05, 0) is 32.0 Å². The summed E-state index contributed by atoms with van der Waals surface area (Å²) in [6.45, 7) is 3.07. The maximum absolute atomic E-state index is 12.9. The van der Waals surface area contributed by atoms with Crippen molar-refractivity contribution in [2.45, 2.75) is 13.8 Å². The Morgan fingerprint density at radius 1 is 1.14 bits per heavy atom. The van der Waals surface area contributed by atoms with Gasteiger partial charge in [-0.1, -0.05) is 35.5 Å². The molecule has 11 heteroatoms. The minimum atomic E-state index is -0.794. The van der Waals surface area contributed by atoms with Crippen LogP contribution in [-0.4, -0.2) is 40.2 Å². The second-order valence-electron chi connectivity index (χ2n) is 7.36. The Morgan fingerprint density at radius 2 is 1.91 bits per heavy atom. The lowest BCUT2D eigenvalue weighted by atomic mass is 10.1. The first kappa shape index (κ1) is 23.4. The van der Waals surface area contributed by atoms with Crippen molar-refractivity contribution in [3.63, 3.8) is 0 Å². The molecule has 178 valence electrons. The summed E-state index contributed by atoms with van der Waals surface area (Å²) in [5.41, 5.74) is 1.55. The highest BCUT2D eigenvalue weighted by Crippen LogP contribution is 2.30. The lowest BCUT2D eigenvalue weighted by molar-refractivity contribution is -0.384. The number of fused-ring (bicyclic) bond motifs is 1. The second kappa shape index (κ2) is 10.00. The van der Waals surface area contributed by atoms with Crippen molar-refractivity contribution < 1.29 is 28.5 Å². The first-order valence-corrected chi connectivity index (χ1v) is 10.6. The number of ether oxygens (including phenoxy) is 2. The number of hydrogen-bond donors (Lipinski definition) is 1. The lowest BCUT2D eigenvalue weighted by Gasteiger charge is -2.10. The van der Waals surface area contributed by atoms with Crippen LogP contribution in [0.15, 0.2) is 59.1 Å². The van der Waals surface area contributed by atoms with E-state index in [2.05, 4.69) is 15.5 Å². The summed E-state index contributed by atoms with van der Waals surface area (Å²) in [7, 11) is 0. The molecule has 1 N–H and O–H groups in total. The zero-order chi connectivity index (χ0) is 24.9. The number of rotatable bonds is 8. The van der Waals surface area contributed by atoms with Crippen molar-refractivity contribution in [3.8, 4) is 17.0 Å². The number of benzene rings is 2. The number of esters is 1. The molecule has 4 rings (SSSR count). The molecule has 0 radical (unpaired) electrons. The number of nitro benzene ring substituents is 1. The van der Waals surface area contributed by atoms with Crippen LogP contribution in [0.25, 0.3) is 22.4 Å². The van der Waals surface area contributed by atoms with Crippen molar-refractivity contribution in [1.29, 1.82) is 0 Å². The minimum Gasteiger partial charge on any atom is -0.494 e. The molecule has 0 spiro atoms. The van der Waals surface area contributed by atoms with Crippen molar-refractivity contribution in [3.05, 3.63) is 76.0 Å². The molecule has 0 atom stereocenters. The summed E-state index contributed by atoms with van der Waals surface area (Å²) in [4.78, 5) is 40.5. The molecule has 0 aliphatic rings. The van der Waals surface area contributed by atoms with Gasteiger partial charge in [-0.15, -0.1) is 0 Å². The largest absolute Gasteiger partial charge is 0.494 e. The van der Waals surface area contributed by atoms with Crippen LogP contribution in [0.4, 0.5) is 11.4 Å². The number of nitrogens with zero attached hydrogens (tertiary/aromatic N) is 3. The van der Waals surface area contributed by atoms with Gasteiger partial charge in [0.05, 0.1) is 39.9 Å². The number of carbonyl (C=O) groups is 2. The number of anilines is 1. The third kappa shape index (κ3) is 5.08. The maximum Gasteiger partial charge on any atom is 0.339 e. The Labute approximate surface area is 198 Å². The molecule has 35 heavy (non-hydrogen) atoms. The van der Waals surface area contributed by atoms with E-state index in [9.17, 15) is 19.7 Å². The third-order valence-corrected chi connectivity index (χ3v) is 4.99. The molecule has 1 amide bonds. The van der Waals surface area contributed by atoms with E-state index < -0.39 is 23.4 Å². The molecule has 0 aliphatic heterocycles. The van der Waals surface area contributed by atoms with Gasteiger partial charge in [-0.3, -0.25) is 14.9 Å². The Bertz CT molecular complexity index is 1420. The third-order valence-electron chi connectivity index (χ3n) is 4.99. The highest BCUT2D eigenvalue weighted by atomic mass is 16.6. The summed E-state index contributed by atoms with van der Waals surface area (Å²) in [5, 5.41) is 18.0. The van der Waals surface area contributed by atoms with Gasteiger partial charge in [0.1, 0.15) is 11.4 Å². The number of aromatic nitrogens is 2. The van der Waals surface area contributed by atoms with Gasteiger partial charge < -0.3 is 19.3 Å². The van der Waals surface area contributed by atoms with E-state index in [1.165, 1.54) is 18.2 Å². The van der Waals surface area contributed by atoms with E-state index in [-0.39, 0.29) is 22.7 Å². The van der Waals surface area contributed by atoms with Gasteiger partial charge in [-0.25, -0.2) is 9.78 Å². The monoisotopic (exact) mass is 476 g/mol. The van der Waals surface area contributed by atoms with Gasteiger partial charge in [0, 0.05) is 5.56 Å². The number of hydrogen-bond acceptors (Lipinski definition) is 9. The Balaban J connectivity index is 1.53. The van der Waals surface area contributed by atoms with Crippen LogP contribution in [0, 0.1) is 17.0 Å². The summed E-state index contributed by atoms with van der Waals surface area (Å²) >= 11 is 0. The Hall–Kier alpha value is -4.80. The van der Waals surface area contributed by atoms with Crippen LogP contribution in [0.2, 0.25) is 0 Å². The van der Waals surface area contributed by atoms with Crippen LogP contribution >= 0.6 is 0 Å². The van der Waals surface area contributed by atoms with Gasteiger partial charge in [0.2, 0.25) is 0 Å². The molecule has 0 bridgehead atoms. The number of nitrogens with one attached hydrogen (secondary N) is 1. The number of aryl methyl sites for hydroxylation is 1. The van der Waals surface area contributed by atoms with Gasteiger partial charge in [0.25, 0.3) is 17.3 Å². The SMILES string of the molecule is CCOc1ccc(NC(=O)COC(=O)c2cc(-c3ccccc3)nc3onc(C)c23)c([N+](=O)[O-])c1. The van der Waals surface area contributed by atoms with E-state index in [1.807, 2.05) is 30.3 Å². The summed E-state index contributed by atoms with van der Waals surface area (Å²) < 4.78 is 15.7. The fourth-order valence-electron chi connectivity index (χ4n) is 3.43. The fourth-order valence-corrected chi connectivity index (χ4v) is 3.43. The van der Waals surface area contributed by atoms with Crippen LogP contribution in [0.1, 0.15) is 23.0 Å². The molecule has 4 aromatic rings. The van der Waals surface area contributed by atoms with Crippen molar-refractivity contribution in [2.24, 2.45) is 0 Å². The van der Waals surface area contributed by atoms with E-state index >= 15 is 0 Å². The predicted molar refractivity (Wildman–Crippen MR) is 125 cm³/mol.